The summed E-state index contributed by atoms with van der Waals surface area (Å²) in [6.07, 6.45) is 3.75. The molecule has 0 saturated heterocycles. The second-order valence-electron chi connectivity index (χ2n) is 6.19. The van der Waals surface area contributed by atoms with Gasteiger partial charge in [-0.1, -0.05) is 20.8 Å². The van der Waals surface area contributed by atoms with Gasteiger partial charge in [0.2, 0.25) is 0 Å². The zero-order chi connectivity index (χ0) is 12.7. The standard InChI is InChI=1S/C13H20BrN3/c1-12(2,3)11-15-9(14)8-10(16-11)17-13(4)6-5-7-13/h8H,5-7H2,1-4H3,(H,15,16,17). The minimum absolute atomic E-state index is 0.0271. The van der Waals surface area contributed by atoms with Crippen LogP contribution < -0.4 is 5.32 Å². The van der Waals surface area contributed by atoms with Crippen molar-refractivity contribution in [3.8, 4) is 0 Å². The molecule has 1 fully saturated rings. The SMILES string of the molecule is CC1(Nc2cc(Br)nc(C(C)(C)C)n2)CCC1. The number of anilines is 1. The molecule has 1 saturated carbocycles. The first-order chi connectivity index (χ1) is 7.78. The van der Waals surface area contributed by atoms with Crippen LogP contribution in [0.25, 0.3) is 0 Å². The van der Waals surface area contributed by atoms with Crippen LogP contribution in [0.4, 0.5) is 5.82 Å². The van der Waals surface area contributed by atoms with Crippen molar-refractivity contribution in [2.45, 2.75) is 57.9 Å². The van der Waals surface area contributed by atoms with E-state index in [0.29, 0.717) is 0 Å². The molecule has 0 unspecified atom stereocenters. The Labute approximate surface area is 112 Å². The lowest BCUT2D eigenvalue weighted by molar-refractivity contribution is 0.305. The molecule has 1 aliphatic rings. The molecule has 1 heterocycles. The number of halogens is 1. The highest BCUT2D eigenvalue weighted by atomic mass is 79.9. The number of rotatable bonds is 2. The summed E-state index contributed by atoms with van der Waals surface area (Å²) in [6, 6.07) is 1.96. The van der Waals surface area contributed by atoms with E-state index in [1.54, 1.807) is 0 Å². The van der Waals surface area contributed by atoms with E-state index in [9.17, 15) is 0 Å². The molecule has 1 aliphatic carbocycles. The van der Waals surface area contributed by atoms with Crippen molar-refractivity contribution >= 4 is 21.7 Å². The quantitative estimate of drug-likeness (QED) is 0.842. The van der Waals surface area contributed by atoms with Crippen LogP contribution in [-0.4, -0.2) is 15.5 Å². The molecule has 0 bridgehead atoms. The maximum atomic E-state index is 4.62. The smallest absolute Gasteiger partial charge is 0.137 e. The van der Waals surface area contributed by atoms with Gasteiger partial charge in [-0.3, -0.25) is 0 Å². The molecule has 0 aliphatic heterocycles. The van der Waals surface area contributed by atoms with Crippen molar-refractivity contribution < 1.29 is 0 Å². The molecule has 4 heteroatoms. The summed E-state index contributed by atoms with van der Waals surface area (Å²) in [5.41, 5.74) is 0.198. The maximum absolute atomic E-state index is 4.62. The molecule has 17 heavy (non-hydrogen) atoms. The van der Waals surface area contributed by atoms with Gasteiger partial charge in [-0.25, -0.2) is 9.97 Å². The molecule has 0 amide bonds. The molecule has 94 valence electrons. The average Bonchev–Trinajstić information content (AvgIpc) is 2.13. The second-order valence-corrected chi connectivity index (χ2v) is 7.00. The predicted molar refractivity (Wildman–Crippen MR) is 74.3 cm³/mol. The molecule has 1 aromatic rings. The minimum atomic E-state index is -0.0271. The third-order valence-electron chi connectivity index (χ3n) is 3.25. The van der Waals surface area contributed by atoms with Crippen molar-refractivity contribution in [1.82, 2.24) is 9.97 Å². The molecule has 0 radical (unpaired) electrons. The number of nitrogens with one attached hydrogen (secondary N) is 1. The van der Waals surface area contributed by atoms with Crippen LogP contribution in [0.1, 0.15) is 52.8 Å². The Morgan fingerprint density at radius 2 is 1.94 bits per heavy atom. The second kappa shape index (κ2) is 4.23. The zero-order valence-electron chi connectivity index (χ0n) is 11.0. The van der Waals surface area contributed by atoms with E-state index in [1.165, 1.54) is 19.3 Å². The molecule has 0 aromatic carbocycles. The number of nitrogens with zero attached hydrogens (tertiary/aromatic N) is 2. The van der Waals surface area contributed by atoms with Crippen LogP contribution in [0.15, 0.2) is 10.7 Å². The van der Waals surface area contributed by atoms with Gasteiger partial charge in [0.25, 0.3) is 0 Å². The topological polar surface area (TPSA) is 37.8 Å². The monoisotopic (exact) mass is 297 g/mol. The van der Waals surface area contributed by atoms with Gasteiger partial charge in [-0.15, -0.1) is 0 Å². The molecule has 1 aromatic heterocycles. The first-order valence-corrected chi connectivity index (χ1v) is 6.91. The van der Waals surface area contributed by atoms with Gasteiger partial charge in [-0.2, -0.15) is 0 Å². The Morgan fingerprint density at radius 3 is 2.41 bits per heavy atom. The molecule has 2 rings (SSSR count). The zero-order valence-corrected chi connectivity index (χ0v) is 12.6. The number of hydrogen-bond donors (Lipinski definition) is 1. The van der Waals surface area contributed by atoms with Crippen LogP contribution in [0.5, 0.6) is 0 Å². The van der Waals surface area contributed by atoms with Crippen molar-refractivity contribution in [1.29, 1.82) is 0 Å². The van der Waals surface area contributed by atoms with E-state index >= 15 is 0 Å². The van der Waals surface area contributed by atoms with Gasteiger partial charge in [0.1, 0.15) is 16.2 Å². The Hall–Kier alpha value is -0.640. The third kappa shape index (κ3) is 2.97. The van der Waals surface area contributed by atoms with Crippen LogP contribution in [0.2, 0.25) is 0 Å². The predicted octanol–water partition coefficient (Wildman–Crippen LogP) is 3.89. The van der Waals surface area contributed by atoms with Crippen LogP contribution in [0.3, 0.4) is 0 Å². The fourth-order valence-electron chi connectivity index (χ4n) is 1.96. The lowest BCUT2D eigenvalue weighted by Crippen LogP contribution is -2.42. The molecule has 0 spiro atoms. The summed E-state index contributed by atoms with van der Waals surface area (Å²) in [5, 5.41) is 3.53. The fourth-order valence-corrected chi connectivity index (χ4v) is 2.34. The lowest BCUT2D eigenvalue weighted by atomic mass is 9.78. The Morgan fingerprint density at radius 1 is 1.29 bits per heavy atom. The summed E-state index contributed by atoms with van der Waals surface area (Å²) < 4.78 is 0.850. The lowest BCUT2D eigenvalue weighted by Gasteiger charge is -2.39. The first-order valence-electron chi connectivity index (χ1n) is 6.12. The van der Waals surface area contributed by atoms with E-state index in [4.69, 9.17) is 0 Å². The molecular weight excluding hydrogens is 278 g/mol. The number of aromatic nitrogens is 2. The summed E-state index contributed by atoms with van der Waals surface area (Å²) >= 11 is 3.46. The van der Waals surface area contributed by atoms with E-state index < -0.39 is 0 Å². The van der Waals surface area contributed by atoms with Gasteiger partial charge in [-0.05, 0) is 42.1 Å². The van der Waals surface area contributed by atoms with E-state index in [0.717, 1.165) is 16.2 Å². The average molecular weight is 298 g/mol. The maximum Gasteiger partial charge on any atom is 0.137 e. The number of hydrogen-bond acceptors (Lipinski definition) is 3. The third-order valence-corrected chi connectivity index (χ3v) is 3.66. The summed E-state index contributed by atoms with van der Waals surface area (Å²) in [7, 11) is 0. The van der Waals surface area contributed by atoms with E-state index in [1.807, 2.05) is 6.07 Å². The van der Waals surface area contributed by atoms with Crippen molar-refractivity contribution in [3.05, 3.63) is 16.5 Å². The largest absolute Gasteiger partial charge is 0.365 e. The molecule has 1 N–H and O–H groups in total. The summed E-state index contributed by atoms with van der Waals surface area (Å²) in [6.45, 7) is 8.64. The van der Waals surface area contributed by atoms with Gasteiger partial charge in [0.05, 0.1) is 0 Å². The van der Waals surface area contributed by atoms with Crippen LogP contribution in [0, 0.1) is 0 Å². The molecule has 0 atom stereocenters. The Bertz CT molecular complexity index is 419. The van der Waals surface area contributed by atoms with Gasteiger partial charge in [0, 0.05) is 17.0 Å². The van der Waals surface area contributed by atoms with E-state index in [2.05, 4.69) is 58.9 Å². The summed E-state index contributed by atoms with van der Waals surface area (Å²) in [5.74, 6) is 1.80. The highest BCUT2D eigenvalue weighted by molar-refractivity contribution is 9.10. The fraction of sp³-hybridized carbons (Fsp3) is 0.692. The van der Waals surface area contributed by atoms with Crippen molar-refractivity contribution in [2.75, 3.05) is 5.32 Å². The van der Waals surface area contributed by atoms with Crippen LogP contribution in [-0.2, 0) is 5.41 Å². The summed E-state index contributed by atoms with van der Waals surface area (Å²) in [4.78, 5) is 9.06. The van der Waals surface area contributed by atoms with E-state index in [-0.39, 0.29) is 11.0 Å². The first kappa shape index (κ1) is 12.8. The molecular formula is C13H20BrN3. The Kier molecular flexibility index (Phi) is 3.19. The van der Waals surface area contributed by atoms with Crippen LogP contribution >= 0.6 is 15.9 Å². The van der Waals surface area contributed by atoms with Gasteiger partial charge in [0.15, 0.2) is 0 Å². The minimum Gasteiger partial charge on any atom is -0.365 e. The highest BCUT2D eigenvalue weighted by Gasteiger charge is 2.32. The molecule has 3 nitrogen and oxygen atoms in total. The van der Waals surface area contributed by atoms with Crippen molar-refractivity contribution in [2.24, 2.45) is 0 Å². The van der Waals surface area contributed by atoms with Gasteiger partial charge < -0.3 is 5.32 Å². The Balaban J connectivity index is 2.25. The van der Waals surface area contributed by atoms with Crippen molar-refractivity contribution in [3.63, 3.8) is 0 Å². The van der Waals surface area contributed by atoms with Gasteiger partial charge >= 0.3 is 0 Å². The normalized spacial score (nSPS) is 18.6. The highest BCUT2D eigenvalue weighted by Crippen LogP contribution is 2.35.